The fourth-order valence-electron chi connectivity index (χ4n) is 2.97. The van der Waals surface area contributed by atoms with Crippen LogP contribution >= 0.6 is 0 Å². The van der Waals surface area contributed by atoms with Gasteiger partial charge < -0.3 is 9.72 Å². The molecule has 1 amide bonds. The minimum atomic E-state index is -0.00518. The number of ether oxygens (including phenoxy) is 1. The second-order valence-corrected chi connectivity index (χ2v) is 5.70. The highest BCUT2D eigenvalue weighted by Gasteiger charge is 2.31. The lowest BCUT2D eigenvalue weighted by atomic mass is 10.0. The van der Waals surface area contributed by atoms with Gasteiger partial charge in [0.15, 0.2) is 5.65 Å². The number of hydrogen-bond donors (Lipinski definition) is 2. The van der Waals surface area contributed by atoms with Crippen molar-refractivity contribution in [2.24, 2.45) is 0 Å². The molecule has 4 rings (SSSR count). The highest BCUT2D eigenvalue weighted by atomic mass is 16.5. The van der Waals surface area contributed by atoms with E-state index in [1.807, 2.05) is 41.4 Å². The maximum Gasteiger partial charge on any atom is 0.236 e. The topological polar surface area (TPSA) is 83.1 Å². The summed E-state index contributed by atoms with van der Waals surface area (Å²) in [7, 11) is 1.58. The molecule has 3 heterocycles. The smallest absolute Gasteiger partial charge is 0.236 e. The largest absolute Gasteiger partial charge is 0.481 e. The minimum absolute atomic E-state index is 0.00518. The molecule has 1 aromatic carbocycles. The molecule has 3 aromatic rings. The van der Waals surface area contributed by atoms with Gasteiger partial charge in [0.2, 0.25) is 11.8 Å². The number of amides is 1. The maximum atomic E-state index is 11.9. The lowest BCUT2D eigenvalue weighted by Crippen LogP contribution is -2.34. The van der Waals surface area contributed by atoms with Crippen LogP contribution in [0.1, 0.15) is 23.9 Å². The molecular formula is C17H17N5O2. The van der Waals surface area contributed by atoms with Gasteiger partial charge in [-0.1, -0.05) is 30.3 Å². The zero-order chi connectivity index (χ0) is 16.5. The molecule has 0 radical (unpaired) electrons. The summed E-state index contributed by atoms with van der Waals surface area (Å²) in [6, 6.07) is 13.7. The number of rotatable bonds is 4. The average Bonchev–Trinajstić information content (AvgIpc) is 3.17. The highest BCUT2D eigenvalue weighted by Crippen LogP contribution is 2.28. The summed E-state index contributed by atoms with van der Waals surface area (Å²) in [4.78, 5) is 23.9. The van der Waals surface area contributed by atoms with Gasteiger partial charge in [-0.25, -0.2) is 9.99 Å². The molecule has 1 atom stereocenters. The van der Waals surface area contributed by atoms with Gasteiger partial charge in [-0.2, -0.15) is 4.98 Å². The quantitative estimate of drug-likeness (QED) is 0.767. The van der Waals surface area contributed by atoms with E-state index in [1.165, 1.54) is 0 Å². The van der Waals surface area contributed by atoms with Crippen molar-refractivity contribution >= 4 is 17.1 Å². The second-order valence-electron chi connectivity index (χ2n) is 5.70. The number of H-pyrrole nitrogens is 1. The van der Waals surface area contributed by atoms with E-state index in [4.69, 9.17) is 4.74 Å². The number of nitrogens with one attached hydrogen (secondary N) is 2. The van der Waals surface area contributed by atoms with E-state index in [9.17, 15) is 4.79 Å². The Kier molecular flexibility index (Phi) is 3.62. The van der Waals surface area contributed by atoms with Crippen LogP contribution in [0.4, 0.5) is 0 Å². The van der Waals surface area contributed by atoms with Crippen molar-refractivity contribution < 1.29 is 9.53 Å². The van der Waals surface area contributed by atoms with E-state index in [-0.39, 0.29) is 11.9 Å². The summed E-state index contributed by atoms with van der Waals surface area (Å²) in [6.45, 7) is 0.476. The Bertz CT molecular complexity index is 877. The van der Waals surface area contributed by atoms with Crippen LogP contribution < -0.4 is 10.2 Å². The van der Waals surface area contributed by atoms with Crippen LogP contribution in [-0.2, 0) is 11.3 Å². The second kappa shape index (κ2) is 5.93. The molecule has 1 aliphatic rings. The molecule has 2 N–H and O–H groups in total. The SMILES string of the molecule is COc1ccc2[nH]c(CN3NC(=O)CC3c3ccccc3)nc2n1. The summed E-state index contributed by atoms with van der Waals surface area (Å²) < 4.78 is 5.12. The molecule has 1 aliphatic heterocycles. The monoisotopic (exact) mass is 323 g/mol. The number of hydrazine groups is 1. The number of carbonyl (C=O) groups is 1. The Labute approximate surface area is 138 Å². The molecule has 0 bridgehead atoms. The summed E-state index contributed by atoms with van der Waals surface area (Å²) >= 11 is 0. The van der Waals surface area contributed by atoms with Gasteiger partial charge in [-0.15, -0.1) is 0 Å². The summed E-state index contributed by atoms with van der Waals surface area (Å²) in [5.74, 6) is 1.28. The molecule has 1 unspecified atom stereocenters. The van der Waals surface area contributed by atoms with Crippen LogP contribution in [0.15, 0.2) is 42.5 Å². The number of pyridine rings is 1. The predicted octanol–water partition coefficient (Wildman–Crippen LogP) is 1.94. The van der Waals surface area contributed by atoms with Crippen molar-refractivity contribution in [1.82, 2.24) is 25.4 Å². The number of carbonyl (C=O) groups excluding carboxylic acids is 1. The minimum Gasteiger partial charge on any atom is -0.481 e. The van der Waals surface area contributed by atoms with Crippen LogP contribution in [0.5, 0.6) is 5.88 Å². The molecule has 0 spiro atoms. The van der Waals surface area contributed by atoms with Gasteiger partial charge >= 0.3 is 0 Å². The third-order valence-electron chi connectivity index (χ3n) is 4.11. The normalized spacial score (nSPS) is 18.0. The highest BCUT2D eigenvalue weighted by molar-refractivity contribution is 5.78. The number of aromatic amines is 1. The van der Waals surface area contributed by atoms with Crippen molar-refractivity contribution in [2.75, 3.05) is 7.11 Å². The van der Waals surface area contributed by atoms with Gasteiger partial charge in [0.25, 0.3) is 0 Å². The molecule has 0 aliphatic carbocycles. The van der Waals surface area contributed by atoms with Crippen LogP contribution in [0, 0.1) is 0 Å². The first-order chi connectivity index (χ1) is 11.7. The van der Waals surface area contributed by atoms with E-state index < -0.39 is 0 Å². The van der Waals surface area contributed by atoms with E-state index in [0.717, 1.165) is 16.9 Å². The maximum absolute atomic E-state index is 11.9. The molecular weight excluding hydrogens is 306 g/mol. The van der Waals surface area contributed by atoms with E-state index >= 15 is 0 Å². The summed E-state index contributed by atoms with van der Waals surface area (Å²) in [5, 5.41) is 1.91. The summed E-state index contributed by atoms with van der Waals surface area (Å²) in [5.41, 5.74) is 5.45. The zero-order valence-electron chi connectivity index (χ0n) is 13.2. The van der Waals surface area contributed by atoms with Crippen molar-refractivity contribution in [2.45, 2.75) is 19.0 Å². The van der Waals surface area contributed by atoms with Gasteiger partial charge in [-0.05, 0) is 11.6 Å². The van der Waals surface area contributed by atoms with Crippen LogP contribution in [0.25, 0.3) is 11.2 Å². The number of nitrogens with zero attached hydrogens (tertiary/aromatic N) is 3. The number of methoxy groups -OCH3 is 1. The fourth-order valence-corrected chi connectivity index (χ4v) is 2.97. The first-order valence-electron chi connectivity index (χ1n) is 7.73. The molecule has 122 valence electrons. The van der Waals surface area contributed by atoms with E-state index in [0.29, 0.717) is 24.5 Å². The Balaban J connectivity index is 1.60. The van der Waals surface area contributed by atoms with Crippen molar-refractivity contribution in [3.05, 3.63) is 53.9 Å². The molecule has 0 saturated carbocycles. The third-order valence-corrected chi connectivity index (χ3v) is 4.11. The Hall–Kier alpha value is -2.93. The lowest BCUT2D eigenvalue weighted by Gasteiger charge is -2.22. The number of aromatic nitrogens is 3. The number of fused-ring (bicyclic) bond motifs is 1. The van der Waals surface area contributed by atoms with Crippen molar-refractivity contribution in [3.63, 3.8) is 0 Å². The van der Waals surface area contributed by atoms with Crippen LogP contribution in [-0.4, -0.2) is 33.0 Å². The van der Waals surface area contributed by atoms with E-state index in [1.54, 1.807) is 13.2 Å². The van der Waals surface area contributed by atoms with Crippen LogP contribution in [0.2, 0.25) is 0 Å². The molecule has 1 fully saturated rings. The first-order valence-corrected chi connectivity index (χ1v) is 7.73. The Morgan fingerprint density at radius 2 is 2.04 bits per heavy atom. The van der Waals surface area contributed by atoms with Gasteiger partial charge in [-0.3, -0.25) is 10.2 Å². The summed E-state index contributed by atoms with van der Waals surface area (Å²) in [6.07, 6.45) is 0.441. The Morgan fingerprint density at radius 1 is 1.21 bits per heavy atom. The van der Waals surface area contributed by atoms with Gasteiger partial charge in [0.05, 0.1) is 25.2 Å². The van der Waals surface area contributed by atoms with Gasteiger partial charge in [0, 0.05) is 12.5 Å². The molecule has 24 heavy (non-hydrogen) atoms. The van der Waals surface area contributed by atoms with Crippen LogP contribution in [0.3, 0.4) is 0 Å². The van der Waals surface area contributed by atoms with E-state index in [2.05, 4.69) is 20.4 Å². The molecule has 7 heteroatoms. The standard InChI is InChI=1S/C17H17N5O2/c1-24-16-8-7-12-17(20-16)19-14(18-12)10-22-13(9-15(23)21-22)11-5-3-2-4-6-11/h2-8,13H,9-10H2,1H3,(H,21,23)(H,18,19,20). The number of benzene rings is 1. The molecule has 2 aromatic heterocycles. The fraction of sp³-hybridized carbons (Fsp3) is 0.235. The first kappa shape index (κ1) is 14.6. The van der Waals surface area contributed by atoms with Gasteiger partial charge in [0.1, 0.15) is 5.82 Å². The lowest BCUT2D eigenvalue weighted by molar-refractivity contribution is -0.121. The number of hydrogen-bond acceptors (Lipinski definition) is 5. The molecule has 1 saturated heterocycles. The molecule has 7 nitrogen and oxygen atoms in total. The average molecular weight is 323 g/mol. The zero-order valence-corrected chi connectivity index (χ0v) is 13.2. The Morgan fingerprint density at radius 3 is 2.83 bits per heavy atom. The number of imidazole rings is 1. The predicted molar refractivity (Wildman–Crippen MR) is 87.9 cm³/mol. The van der Waals surface area contributed by atoms with Crippen molar-refractivity contribution in [3.8, 4) is 5.88 Å². The third kappa shape index (κ3) is 2.69. The van der Waals surface area contributed by atoms with Crippen molar-refractivity contribution in [1.29, 1.82) is 0 Å².